The lowest BCUT2D eigenvalue weighted by Crippen LogP contribution is -2.44. The first-order valence-corrected chi connectivity index (χ1v) is 14.5. The van der Waals surface area contributed by atoms with Crippen molar-refractivity contribution in [1.82, 2.24) is 20.6 Å². The van der Waals surface area contributed by atoms with E-state index in [0.717, 1.165) is 41.9 Å². The molecule has 2 N–H and O–H groups in total. The van der Waals surface area contributed by atoms with Crippen LogP contribution in [0.3, 0.4) is 0 Å². The van der Waals surface area contributed by atoms with E-state index in [4.69, 9.17) is 4.74 Å². The lowest BCUT2D eigenvalue weighted by Gasteiger charge is -2.29. The number of aryl methyl sites for hydroxylation is 2. The van der Waals surface area contributed by atoms with Gasteiger partial charge in [-0.1, -0.05) is 55.8 Å². The van der Waals surface area contributed by atoms with E-state index in [2.05, 4.69) is 51.8 Å². The molecule has 0 spiro atoms. The molecule has 42 heavy (non-hydrogen) atoms. The number of carbonyl (C=O) groups excluding carboxylic acids is 2. The van der Waals surface area contributed by atoms with Crippen LogP contribution in [0.5, 0.6) is 11.6 Å². The van der Waals surface area contributed by atoms with Crippen molar-refractivity contribution in [3.63, 3.8) is 0 Å². The molecule has 4 aromatic rings. The number of carbonyl (C=O) groups is 2. The Kier molecular flexibility index (Phi) is 9.21. The van der Waals surface area contributed by atoms with Crippen molar-refractivity contribution >= 4 is 11.8 Å². The normalized spacial score (nSPS) is 16.5. The molecule has 8 heteroatoms. The number of halogens is 1. The first-order chi connectivity index (χ1) is 20.4. The Morgan fingerprint density at radius 3 is 2.26 bits per heavy atom. The van der Waals surface area contributed by atoms with E-state index in [9.17, 15) is 14.0 Å². The second-order valence-corrected chi connectivity index (χ2v) is 10.7. The SMILES string of the molecule is CCCc1ccc(-c2cccc(Oc3ncc(F)cc3C(=O)NC3CCC(NC(=O)c4cccc(C)n4)CC3)c2)cc1. The molecule has 2 aromatic carbocycles. The molecule has 0 atom stereocenters. The Morgan fingerprint density at radius 2 is 1.57 bits per heavy atom. The Labute approximate surface area is 245 Å². The van der Waals surface area contributed by atoms with E-state index in [-0.39, 0.29) is 29.4 Å². The molecule has 216 valence electrons. The standard InChI is InChI=1S/C34H35FN4O3/c1-3-6-23-11-13-24(14-12-23)25-8-5-9-29(19-25)42-34-30(20-26(35)21-36-34)32(40)38-27-15-17-28(18-16-27)39-33(41)31-10-4-7-22(2)37-31/h4-5,7-14,19-21,27-28H,3,6,15-18H2,1-2H3,(H,38,40)(H,39,41). The van der Waals surface area contributed by atoms with Crippen molar-refractivity contribution in [2.24, 2.45) is 0 Å². The van der Waals surface area contributed by atoms with Gasteiger partial charge in [0.2, 0.25) is 5.88 Å². The zero-order chi connectivity index (χ0) is 29.5. The number of nitrogens with zero attached hydrogens (tertiary/aromatic N) is 2. The lowest BCUT2D eigenvalue weighted by atomic mass is 9.91. The highest BCUT2D eigenvalue weighted by Gasteiger charge is 2.26. The lowest BCUT2D eigenvalue weighted by molar-refractivity contribution is 0.0887. The van der Waals surface area contributed by atoms with Gasteiger partial charge in [0.25, 0.3) is 11.8 Å². The number of nitrogens with one attached hydrogen (secondary N) is 2. The molecule has 0 aliphatic heterocycles. The van der Waals surface area contributed by atoms with Crippen LogP contribution in [-0.4, -0.2) is 33.9 Å². The number of pyridine rings is 2. The molecule has 5 rings (SSSR count). The highest BCUT2D eigenvalue weighted by Crippen LogP contribution is 2.29. The summed E-state index contributed by atoms with van der Waals surface area (Å²) in [6.07, 6.45) is 5.94. The van der Waals surface area contributed by atoms with Crippen LogP contribution >= 0.6 is 0 Å². The number of amides is 2. The van der Waals surface area contributed by atoms with Gasteiger partial charge in [-0.3, -0.25) is 9.59 Å². The third-order valence-electron chi connectivity index (χ3n) is 7.46. The maximum atomic E-state index is 14.2. The second-order valence-electron chi connectivity index (χ2n) is 10.7. The van der Waals surface area contributed by atoms with Crippen LogP contribution < -0.4 is 15.4 Å². The fourth-order valence-electron chi connectivity index (χ4n) is 5.25. The van der Waals surface area contributed by atoms with Crippen LogP contribution in [0.25, 0.3) is 11.1 Å². The quantitative estimate of drug-likeness (QED) is 0.232. The van der Waals surface area contributed by atoms with Crippen LogP contribution in [0.2, 0.25) is 0 Å². The summed E-state index contributed by atoms with van der Waals surface area (Å²) < 4.78 is 20.2. The molecule has 2 heterocycles. The topological polar surface area (TPSA) is 93.2 Å². The van der Waals surface area contributed by atoms with Gasteiger partial charge in [-0.25, -0.2) is 14.4 Å². The number of aromatic nitrogens is 2. The van der Waals surface area contributed by atoms with Gasteiger partial charge < -0.3 is 15.4 Å². The minimum absolute atomic E-state index is 0.00202. The third kappa shape index (κ3) is 7.37. The van der Waals surface area contributed by atoms with E-state index in [1.54, 1.807) is 12.1 Å². The highest BCUT2D eigenvalue weighted by molar-refractivity contribution is 5.96. The van der Waals surface area contributed by atoms with E-state index in [1.165, 1.54) is 5.56 Å². The number of hydrogen-bond acceptors (Lipinski definition) is 5. The minimum Gasteiger partial charge on any atom is -0.438 e. The third-order valence-corrected chi connectivity index (χ3v) is 7.46. The van der Waals surface area contributed by atoms with Crippen molar-refractivity contribution in [1.29, 1.82) is 0 Å². The zero-order valence-corrected chi connectivity index (χ0v) is 23.9. The summed E-state index contributed by atoms with van der Waals surface area (Å²) in [5.41, 5.74) is 4.52. The first-order valence-electron chi connectivity index (χ1n) is 14.5. The average Bonchev–Trinajstić information content (AvgIpc) is 3.00. The van der Waals surface area contributed by atoms with Crippen LogP contribution in [0.1, 0.15) is 71.1 Å². The molecule has 0 saturated heterocycles. The highest BCUT2D eigenvalue weighted by atomic mass is 19.1. The molecule has 1 aliphatic rings. The zero-order valence-electron chi connectivity index (χ0n) is 23.9. The average molecular weight is 567 g/mol. The van der Waals surface area contributed by atoms with Gasteiger partial charge in [0, 0.05) is 17.8 Å². The molecule has 7 nitrogen and oxygen atoms in total. The molecule has 0 unspecified atom stereocenters. The van der Waals surface area contributed by atoms with Gasteiger partial charge in [-0.15, -0.1) is 0 Å². The molecule has 2 amide bonds. The molecular weight excluding hydrogens is 531 g/mol. The van der Waals surface area contributed by atoms with Gasteiger partial charge >= 0.3 is 0 Å². The Balaban J connectivity index is 1.21. The number of benzene rings is 2. The molecule has 1 fully saturated rings. The summed E-state index contributed by atoms with van der Waals surface area (Å²) >= 11 is 0. The van der Waals surface area contributed by atoms with E-state index in [0.29, 0.717) is 37.1 Å². The smallest absolute Gasteiger partial charge is 0.270 e. The van der Waals surface area contributed by atoms with E-state index < -0.39 is 11.7 Å². The summed E-state index contributed by atoms with van der Waals surface area (Å²) in [6.45, 7) is 4.00. The molecule has 0 radical (unpaired) electrons. The maximum absolute atomic E-state index is 14.2. The Bertz CT molecular complexity index is 1550. The van der Waals surface area contributed by atoms with Gasteiger partial charge in [-0.05, 0) is 86.1 Å². The van der Waals surface area contributed by atoms with E-state index >= 15 is 0 Å². The van der Waals surface area contributed by atoms with Gasteiger partial charge in [0.1, 0.15) is 22.8 Å². The summed E-state index contributed by atoms with van der Waals surface area (Å²) in [7, 11) is 0. The first kappa shape index (κ1) is 28.9. The second kappa shape index (κ2) is 13.4. The van der Waals surface area contributed by atoms with Crippen LogP contribution in [0.15, 0.2) is 79.0 Å². The summed E-state index contributed by atoms with van der Waals surface area (Å²) in [5.74, 6) is -0.731. The fourth-order valence-corrected chi connectivity index (χ4v) is 5.25. The van der Waals surface area contributed by atoms with Crippen molar-refractivity contribution in [3.05, 3.63) is 107 Å². The van der Waals surface area contributed by atoms with Crippen molar-refractivity contribution in [2.45, 2.75) is 64.5 Å². The monoisotopic (exact) mass is 566 g/mol. The van der Waals surface area contributed by atoms with Crippen LogP contribution in [0.4, 0.5) is 4.39 Å². The molecular formula is C34H35FN4O3. The van der Waals surface area contributed by atoms with Gasteiger partial charge in [0.15, 0.2) is 0 Å². The number of rotatable bonds is 9. The Morgan fingerprint density at radius 1 is 0.881 bits per heavy atom. The number of hydrogen-bond donors (Lipinski definition) is 2. The van der Waals surface area contributed by atoms with Crippen LogP contribution in [-0.2, 0) is 6.42 Å². The Hall–Kier alpha value is -4.59. The van der Waals surface area contributed by atoms with Crippen molar-refractivity contribution in [3.8, 4) is 22.8 Å². The fraction of sp³-hybridized carbons (Fsp3) is 0.294. The molecule has 1 aliphatic carbocycles. The predicted octanol–water partition coefficient (Wildman–Crippen LogP) is 6.81. The van der Waals surface area contributed by atoms with Crippen molar-refractivity contribution < 1.29 is 18.7 Å². The van der Waals surface area contributed by atoms with Crippen molar-refractivity contribution in [2.75, 3.05) is 0 Å². The van der Waals surface area contributed by atoms with Gasteiger partial charge in [-0.2, -0.15) is 0 Å². The van der Waals surface area contributed by atoms with Gasteiger partial charge in [0.05, 0.1) is 6.20 Å². The molecule has 2 aromatic heterocycles. The summed E-state index contributed by atoms with van der Waals surface area (Å²) in [5, 5.41) is 6.05. The summed E-state index contributed by atoms with van der Waals surface area (Å²) in [6, 6.07) is 22.3. The molecule has 1 saturated carbocycles. The van der Waals surface area contributed by atoms with E-state index in [1.807, 2.05) is 37.3 Å². The maximum Gasteiger partial charge on any atom is 0.270 e. The largest absolute Gasteiger partial charge is 0.438 e. The predicted molar refractivity (Wildman–Crippen MR) is 160 cm³/mol. The number of ether oxygens (including phenoxy) is 1. The minimum atomic E-state index is -0.621. The molecule has 0 bridgehead atoms. The summed E-state index contributed by atoms with van der Waals surface area (Å²) in [4.78, 5) is 34.2. The van der Waals surface area contributed by atoms with Crippen LogP contribution in [0, 0.1) is 12.7 Å².